The van der Waals surface area contributed by atoms with Gasteiger partial charge in [0, 0.05) is 31.0 Å². The minimum absolute atomic E-state index is 0.0494. The highest BCUT2D eigenvalue weighted by Crippen LogP contribution is 2.28. The van der Waals surface area contributed by atoms with E-state index in [9.17, 15) is 4.79 Å². The number of pyridine rings is 1. The molecule has 1 aromatic rings. The maximum absolute atomic E-state index is 12.1. The summed E-state index contributed by atoms with van der Waals surface area (Å²) < 4.78 is 5.35. The minimum Gasteiger partial charge on any atom is -0.384 e. The number of aromatic nitrogens is 1. The second-order valence-electron chi connectivity index (χ2n) is 5.55. The van der Waals surface area contributed by atoms with Gasteiger partial charge in [0.05, 0.1) is 12.2 Å². The lowest BCUT2D eigenvalue weighted by Gasteiger charge is -2.37. The molecule has 2 heterocycles. The highest BCUT2D eigenvalue weighted by atomic mass is 16.5. The molecule has 0 radical (unpaired) electrons. The Bertz CT molecular complexity index is 433. The average Bonchev–Trinajstić information content (AvgIpc) is 2.47. The number of aryl methyl sites for hydroxylation is 1. The first kappa shape index (κ1) is 14.9. The summed E-state index contributed by atoms with van der Waals surface area (Å²) in [5.41, 5.74) is 1.57. The molecule has 2 N–H and O–H groups in total. The number of rotatable bonds is 5. The lowest BCUT2D eigenvalue weighted by molar-refractivity contribution is 0.0511. The van der Waals surface area contributed by atoms with Gasteiger partial charge in [-0.1, -0.05) is 0 Å². The molecule has 0 aliphatic carbocycles. The number of carbonyl (C=O) groups excluding carboxylic acids is 1. The number of carbonyl (C=O) groups is 1. The zero-order chi connectivity index (χ0) is 14.4. The van der Waals surface area contributed by atoms with E-state index in [1.165, 1.54) is 0 Å². The van der Waals surface area contributed by atoms with Crippen LogP contribution in [-0.4, -0.2) is 44.2 Å². The second kappa shape index (κ2) is 6.81. The van der Waals surface area contributed by atoms with Crippen LogP contribution in [0.5, 0.6) is 0 Å². The molecule has 0 unspecified atom stereocenters. The van der Waals surface area contributed by atoms with Crippen LogP contribution in [0, 0.1) is 12.3 Å². The molecule has 1 aromatic heterocycles. The fraction of sp³-hybridized carbons (Fsp3) is 0.600. The topological polar surface area (TPSA) is 63.2 Å². The SMILES string of the molecule is COCC1(CNC(=O)c2ccc(C)nc2)CCNCC1. The highest BCUT2D eigenvalue weighted by Gasteiger charge is 2.32. The number of hydrogen-bond donors (Lipinski definition) is 2. The molecular formula is C15H23N3O2. The van der Waals surface area contributed by atoms with Gasteiger partial charge in [-0.2, -0.15) is 0 Å². The summed E-state index contributed by atoms with van der Waals surface area (Å²) in [5, 5.41) is 6.37. The van der Waals surface area contributed by atoms with Crippen molar-refractivity contribution >= 4 is 5.91 Å². The summed E-state index contributed by atoms with van der Waals surface area (Å²) >= 11 is 0. The van der Waals surface area contributed by atoms with Gasteiger partial charge in [0.25, 0.3) is 5.91 Å². The van der Waals surface area contributed by atoms with Crippen LogP contribution in [0.1, 0.15) is 28.9 Å². The Kier molecular flexibility index (Phi) is 5.09. The van der Waals surface area contributed by atoms with E-state index in [4.69, 9.17) is 4.74 Å². The molecule has 110 valence electrons. The molecule has 0 spiro atoms. The standard InChI is InChI=1S/C15H23N3O2/c1-12-3-4-13(9-17-12)14(19)18-10-15(11-20-2)5-7-16-8-6-15/h3-4,9,16H,5-8,10-11H2,1-2H3,(H,18,19). The molecule has 1 fully saturated rings. The van der Waals surface area contributed by atoms with Gasteiger partial charge in [0.15, 0.2) is 0 Å². The monoisotopic (exact) mass is 277 g/mol. The van der Waals surface area contributed by atoms with Crippen LogP contribution in [-0.2, 0) is 4.74 Å². The van der Waals surface area contributed by atoms with Crippen molar-refractivity contribution in [2.24, 2.45) is 5.41 Å². The Balaban J connectivity index is 1.94. The van der Waals surface area contributed by atoms with E-state index >= 15 is 0 Å². The Morgan fingerprint density at radius 3 is 2.80 bits per heavy atom. The van der Waals surface area contributed by atoms with Crippen molar-refractivity contribution in [3.63, 3.8) is 0 Å². The zero-order valence-corrected chi connectivity index (χ0v) is 12.2. The molecule has 5 heteroatoms. The number of hydrogen-bond acceptors (Lipinski definition) is 4. The number of ether oxygens (including phenoxy) is 1. The zero-order valence-electron chi connectivity index (χ0n) is 12.2. The Hall–Kier alpha value is -1.46. The molecule has 1 saturated heterocycles. The van der Waals surface area contributed by atoms with Gasteiger partial charge in [0.2, 0.25) is 0 Å². The predicted molar refractivity (Wildman–Crippen MR) is 77.7 cm³/mol. The first-order chi connectivity index (χ1) is 9.65. The van der Waals surface area contributed by atoms with Crippen LogP contribution in [0.2, 0.25) is 0 Å². The van der Waals surface area contributed by atoms with Crippen molar-refractivity contribution in [2.75, 3.05) is 33.4 Å². The van der Waals surface area contributed by atoms with E-state index in [1.807, 2.05) is 19.1 Å². The van der Waals surface area contributed by atoms with Crippen molar-refractivity contribution in [1.82, 2.24) is 15.6 Å². The van der Waals surface area contributed by atoms with E-state index < -0.39 is 0 Å². The van der Waals surface area contributed by atoms with E-state index in [1.54, 1.807) is 13.3 Å². The lowest BCUT2D eigenvalue weighted by atomic mass is 9.79. The van der Waals surface area contributed by atoms with Gasteiger partial charge in [-0.3, -0.25) is 9.78 Å². The van der Waals surface area contributed by atoms with Crippen molar-refractivity contribution < 1.29 is 9.53 Å². The maximum atomic E-state index is 12.1. The summed E-state index contributed by atoms with van der Waals surface area (Å²) in [7, 11) is 1.72. The van der Waals surface area contributed by atoms with E-state index in [2.05, 4.69) is 15.6 Å². The third-order valence-electron chi connectivity index (χ3n) is 3.91. The fourth-order valence-electron chi connectivity index (χ4n) is 2.61. The lowest BCUT2D eigenvalue weighted by Crippen LogP contribution is -2.47. The molecule has 1 amide bonds. The number of nitrogens with one attached hydrogen (secondary N) is 2. The molecule has 1 aliphatic rings. The molecule has 0 atom stereocenters. The van der Waals surface area contributed by atoms with Gasteiger partial charge in [-0.15, -0.1) is 0 Å². The van der Waals surface area contributed by atoms with Gasteiger partial charge in [-0.25, -0.2) is 0 Å². The maximum Gasteiger partial charge on any atom is 0.252 e. The smallest absolute Gasteiger partial charge is 0.252 e. The largest absolute Gasteiger partial charge is 0.384 e. The number of amides is 1. The Morgan fingerprint density at radius 1 is 1.45 bits per heavy atom. The molecule has 0 bridgehead atoms. The van der Waals surface area contributed by atoms with Crippen molar-refractivity contribution in [1.29, 1.82) is 0 Å². The minimum atomic E-state index is -0.0634. The van der Waals surface area contributed by atoms with Crippen LogP contribution >= 0.6 is 0 Å². The molecule has 20 heavy (non-hydrogen) atoms. The van der Waals surface area contributed by atoms with Crippen molar-refractivity contribution in [3.05, 3.63) is 29.6 Å². The second-order valence-corrected chi connectivity index (χ2v) is 5.55. The summed E-state index contributed by atoms with van der Waals surface area (Å²) in [6, 6.07) is 3.66. The average molecular weight is 277 g/mol. The van der Waals surface area contributed by atoms with Gasteiger partial charge in [0.1, 0.15) is 0 Å². The van der Waals surface area contributed by atoms with Gasteiger partial charge < -0.3 is 15.4 Å². The normalized spacial score (nSPS) is 17.7. The number of methoxy groups -OCH3 is 1. The van der Waals surface area contributed by atoms with Gasteiger partial charge in [-0.05, 0) is 45.0 Å². The van der Waals surface area contributed by atoms with Crippen LogP contribution in [0.25, 0.3) is 0 Å². The number of piperidine rings is 1. The summed E-state index contributed by atoms with van der Waals surface area (Å²) in [6.45, 7) is 5.19. The summed E-state index contributed by atoms with van der Waals surface area (Å²) in [6.07, 6.45) is 3.66. The predicted octanol–water partition coefficient (Wildman–Crippen LogP) is 1.14. The Labute approximate surface area is 120 Å². The first-order valence-corrected chi connectivity index (χ1v) is 7.06. The van der Waals surface area contributed by atoms with Crippen LogP contribution in [0.4, 0.5) is 0 Å². The first-order valence-electron chi connectivity index (χ1n) is 7.06. The Morgan fingerprint density at radius 2 is 2.20 bits per heavy atom. The third-order valence-corrected chi connectivity index (χ3v) is 3.91. The fourth-order valence-corrected chi connectivity index (χ4v) is 2.61. The summed E-state index contributed by atoms with van der Waals surface area (Å²) in [4.78, 5) is 16.3. The van der Waals surface area contributed by atoms with Crippen molar-refractivity contribution in [3.8, 4) is 0 Å². The molecule has 5 nitrogen and oxygen atoms in total. The summed E-state index contributed by atoms with van der Waals surface area (Å²) in [5.74, 6) is -0.0634. The van der Waals surface area contributed by atoms with Crippen LogP contribution in [0.3, 0.4) is 0 Å². The molecular weight excluding hydrogens is 254 g/mol. The molecule has 0 saturated carbocycles. The van der Waals surface area contributed by atoms with E-state index in [-0.39, 0.29) is 11.3 Å². The quantitative estimate of drug-likeness (QED) is 0.847. The third kappa shape index (κ3) is 3.77. The van der Waals surface area contributed by atoms with Crippen molar-refractivity contribution in [2.45, 2.75) is 19.8 Å². The molecule has 0 aromatic carbocycles. The van der Waals surface area contributed by atoms with E-state index in [0.29, 0.717) is 18.7 Å². The van der Waals surface area contributed by atoms with Crippen LogP contribution in [0.15, 0.2) is 18.3 Å². The van der Waals surface area contributed by atoms with Crippen LogP contribution < -0.4 is 10.6 Å². The molecule has 1 aliphatic heterocycles. The molecule has 2 rings (SSSR count). The van der Waals surface area contributed by atoms with Gasteiger partial charge >= 0.3 is 0 Å². The number of nitrogens with zero attached hydrogens (tertiary/aromatic N) is 1. The highest BCUT2D eigenvalue weighted by molar-refractivity contribution is 5.93. The van der Waals surface area contributed by atoms with E-state index in [0.717, 1.165) is 31.6 Å².